The summed E-state index contributed by atoms with van der Waals surface area (Å²) in [6, 6.07) is 8.21. The monoisotopic (exact) mass is 324 g/mol. The zero-order chi connectivity index (χ0) is 12.7. The Morgan fingerprint density at radius 3 is 3.06 bits per heavy atom. The zero-order valence-corrected chi connectivity index (χ0v) is 12.5. The largest absolute Gasteiger partial charge is 0.331 e. The van der Waals surface area contributed by atoms with Crippen LogP contribution in [0.4, 0.5) is 0 Å². The molecule has 0 spiro atoms. The Labute approximate surface area is 120 Å². The summed E-state index contributed by atoms with van der Waals surface area (Å²) in [6.45, 7) is 3.06. The van der Waals surface area contributed by atoms with E-state index in [-0.39, 0.29) is 0 Å². The van der Waals surface area contributed by atoms with Gasteiger partial charge in [0.2, 0.25) is 0 Å². The van der Waals surface area contributed by atoms with Gasteiger partial charge in [-0.1, -0.05) is 23.7 Å². The topological polar surface area (TPSA) is 17.8 Å². The van der Waals surface area contributed by atoms with Gasteiger partial charge in [0, 0.05) is 17.5 Å². The van der Waals surface area contributed by atoms with Crippen LogP contribution in [0.1, 0.15) is 29.4 Å². The van der Waals surface area contributed by atoms with E-state index in [9.17, 15) is 0 Å². The van der Waals surface area contributed by atoms with Crippen molar-refractivity contribution in [3.8, 4) is 0 Å². The average molecular weight is 326 g/mol. The van der Waals surface area contributed by atoms with Crippen molar-refractivity contribution in [1.82, 2.24) is 9.55 Å². The van der Waals surface area contributed by atoms with E-state index in [0.29, 0.717) is 5.92 Å². The quantitative estimate of drug-likeness (QED) is 0.763. The van der Waals surface area contributed by atoms with Gasteiger partial charge in [-0.05, 0) is 53.4 Å². The lowest BCUT2D eigenvalue weighted by atomic mass is 9.91. The molecule has 18 heavy (non-hydrogen) atoms. The van der Waals surface area contributed by atoms with E-state index in [1.165, 1.54) is 11.3 Å². The minimum Gasteiger partial charge on any atom is -0.331 e. The van der Waals surface area contributed by atoms with Crippen LogP contribution in [0.2, 0.25) is 5.02 Å². The second-order valence-corrected chi connectivity index (χ2v) is 5.99. The maximum atomic E-state index is 6.07. The SMILES string of the molecule is Cc1nc(Br)c2n1CC(c1cccc(Cl)c1)CC2. The summed E-state index contributed by atoms with van der Waals surface area (Å²) in [7, 11) is 0. The highest BCUT2D eigenvalue weighted by atomic mass is 79.9. The molecule has 1 aliphatic rings. The summed E-state index contributed by atoms with van der Waals surface area (Å²) in [5.41, 5.74) is 2.66. The minimum absolute atomic E-state index is 0.538. The highest BCUT2D eigenvalue weighted by Gasteiger charge is 2.24. The van der Waals surface area contributed by atoms with Crippen LogP contribution in [0.25, 0.3) is 0 Å². The Balaban J connectivity index is 1.93. The van der Waals surface area contributed by atoms with E-state index in [0.717, 1.165) is 34.8 Å². The molecule has 2 nitrogen and oxygen atoms in total. The van der Waals surface area contributed by atoms with Crippen molar-refractivity contribution in [2.45, 2.75) is 32.2 Å². The Hall–Kier alpha value is -0.800. The van der Waals surface area contributed by atoms with Gasteiger partial charge in [-0.2, -0.15) is 0 Å². The van der Waals surface area contributed by atoms with Gasteiger partial charge < -0.3 is 4.57 Å². The molecule has 1 aromatic carbocycles. The van der Waals surface area contributed by atoms with E-state index < -0.39 is 0 Å². The van der Waals surface area contributed by atoms with Crippen molar-refractivity contribution in [3.63, 3.8) is 0 Å². The molecular formula is C14H14BrClN2. The molecule has 0 aliphatic carbocycles. The number of aryl methyl sites for hydroxylation is 1. The Morgan fingerprint density at radius 2 is 2.28 bits per heavy atom. The van der Waals surface area contributed by atoms with Crippen molar-refractivity contribution < 1.29 is 0 Å². The van der Waals surface area contributed by atoms with Crippen LogP contribution < -0.4 is 0 Å². The molecule has 2 heterocycles. The Bertz CT molecular complexity index is 591. The number of nitrogens with zero attached hydrogens (tertiary/aromatic N) is 2. The highest BCUT2D eigenvalue weighted by molar-refractivity contribution is 9.10. The van der Waals surface area contributed by atoms with Crippen LogP contribution >= 0.6 is 27.5 Å². The summed E-state index contributed by atoms with van der Waals surface area (Å²) in [5.74, 6) is 1.62. The fourth-order valence-corrected chi connectivity index (χ4v) is 3.58. The molecule has 3 rings (SSSR count). The zero-order valence-electron chi connectivity index (χ0n) is 10.2. The van der Waals surface area contributed by atoms with Gasteiger partial charge in [-0.3, -0.25) is 0 Å². The Kier molecular flexibility index (Phi) is 3.20. The number of benzene rings is 1. The lowest BCUT2D eigenvalue weighted by Gasteiger charge is -2.25. The molecule has 0 radical (unpaired) electrons. The molecule has 94 valence electrons. The molecular weight excluding hydrogens is 312 g/mol. The maximum Gasteiger partial charge on any atom is 0.127 e. The first kappa shape index (κ1) is 12.2. The summed E-state index contributed by atoms with van der Waals surface area (Å²) in [5, 5.41) is 0.821. The second kappa shape index (κ2) is 4.71. The van der Waals surface area contributed by atoms with E-state index in [4.69, 9.17) is 11.6 Å². The first-order valence-corrected chi connectivity index (χ1v) is 7.29. The predicted octanol–water partition coefficient (Wildman–Crippen LogP) is 4.34. The summed E-state index contributed by atoms with van der Waals surface area (Å²) >= 11 is 9.61. The number of fused-ring (bicyclic) bond motifs is 1. The third kappa shape index (κ3) is 2.10. The third-order valence-electron chi connectivity index (χ3n) is 3.67. The standard InChI is InChI=1S/C14H14BrClN2/c1-9-17-14(15)13-6-5-11(8-18(9)13)10-3-2-4-12(16)7-10/h2-4,7,11H,5-6,8H2,1H3. The lowest BCUT2D eigenvalue weighted by Crippen LogP contribution is -2.19. The molecule has 1 unspecified atom stereocenters. The van der Waals surface area contributed by atoms with E-state index in [1.807, 2.05) is 12.1 Å². The Morgan fingerprint density at radius 1 is 1.44 bits per heavy atom. The van der Waals surface area contributed by atoms with Gasteiger partial charge in [0.15, 0.2) is 0 Å². The van der Waals surface area contributed by atoms with Gasteiger partial charge in [0.1, 0.15) is 10.4 Å². The molecule has 0 amide bonds. The average Bonchev–Trinajstić information content (AvgIpc) is 2.65. The molecule has 0 saturated carbocycles. The molecule has 1 aliphatic heterocycles. The number of aromatic nitrogens is 2. The number of hydrogen-bond donors (Lipinski definition) is 0. The fraction of sp³-hybridized carbons (Fsp3) is 0.357. The van der Waals surface area contributed by atoms with Crippen LogP contribution in [0.5, 0.6) is 0 Å². The maximum absolute atomic E-state index is 6.07. The summed E-state index contributed by atoms with van der Waals surface area (Å²) in [6.07, 6.45) is 2.22. The third-order valence-corrected chi connectivity index (χ3v) is 4.54. The van der Waals surface area contributed by atoms with Crippen molar-refractivity contribution in [1.29, 1.82) is 0 Å². The summed E-state index contributed by atoms with van der Waals surface area (Å²) < 4.78 is 3.32. The molecule has 0 N–H and O–H groups in total. The van der Waals surface area contributed by atoms with Gasteiger partial charge in [-0.15, -0.1) is 0 Å². The van der Waals surface area contributed by atoms with Gasteiger partial charge in [0.25, 0.3) is 0 Å². The van der Waals surface area contributed by atoms with Crippen molar-refractivity contribution in [2.75, 3.05) is 0 Å². The van der Waals surface area contributed by atoms with Gasteiger partial charge in [0.05, 0.1) is 5.69 Å². The van der Waals surface area contributed by atoms with Crippen molar-refractivity contribution in [3.05, 3.63) is 51.0 Å². The van der Waals surface area contributed by atoms with E-state index in [1.54, 1.807) is 0 Å². The van der Waals surface area contributed by atoms with Crippen molar-refractivity contribution in [2.24, 2.45) is 0 Å². The number of imidazole rings is 1. The molecule has 0 bridgehead atoms. The minimum atomic E-state index is 0.538. The first-order valence-electron chi connectivity index (χ1n) is 6.12. The fourth-order valence-electron chi connectivity index (χ4n) is 2.71. The molecule has 4 heteroatoms. The van der Waals surface area contributed by atoms with Crippen LogP contribution in [0, 0.1) is 6.92 Å². The van der Waals surface area contributed by atoms with E-state index in [2.05, 4.69) is 44.5 Å². The van der Waals surface area contributed by atoms with Gasteiger partial charge in [-0.25, -0.2) is 4.98 Å². The number of halogens is 2. The first-order chi connectivity index (χ1) is 8.65. The highest BCUT2D eigenvalue weighted by Crippen LogP contribution is 2.33. The summed E-state index contributed by atoms with van der Waals surface area (Å²) in [4.78, 5) is 4.49. The normalized spacial score (nSPS) is 18.7. The smallest absolute Gasteiger partial charge is 0.127 e. The molecule has 2 aromatic rings. The van der Waals surface area contributed by atoms with Gasteiger partial charge >= 0.3 is 0 Å². The number of rotatable bonds is 1. The number of hydrogen-bond acceptors (Lipinski definition) is 1. The predicted molar refractivity (Wildman–Crippen MR) is 77.2 cm³/mol. The van der Waals surface area contributed by atoms with Crippen LogP contribution in [-0.2, 0) is 13.0 Å². The van der Waals surface area contributed by atoms with Crippen molar-refractivity contribution >= 4 is 27.5 Å². The lowest BCUT2D eigenvalue weighted by molar-refractivity contribution is 0.455. The molecule has 1 aromatic heterocycles. The van der Waals surface area contributed by atoms with Crippen LogP contribution in [0.15, 0.2) is 28.9 Å². The second-order valence-electron chi connectivity index (χ2n) is 4.80. The molecule has 1 atom stereocenters. The van der Waals surface area contributed by atoms with E-state index >= 15 is 0 Å². The molecule has 0 saturated heterocycles. The van der Waals surface area contributed by atoms with Crippen LogP contribution in [0.3, 0.4) is 0 Å². The molecule has 0 fully saturated rings. The van der Waals surface area contributed by atoms with Crippen LogP contribution in [-0.4, -0.2) is 9.55 Å².